The zero-order valence-corrected chi connectivity index (χ0v) is 12.1. The number of anilines is 2. The molecule has 1 aliphatic heterocycles. The van der Waals surface area contributed by atoms with Crippen molar-refractivity contribution >= 4 is 33.5 Å². The van der Waals surface area contributed by atoms with E-state index < -0.39 is 0 Å². The molecule has 0 spiro atoms. The lowest BCUT2D eigenvalue weighted by atomic mass is 10.3. The molecule has 0 atom stereocenters. The van der Waals surface area contributed by atoms with Crippen LogP contribution in [-0.4, -0.2) is 46.1 Å². The molecule has 3 aromatic rings. The Morgan fingerprint density at radius 3 is 2.76 bits per heavy atom. The van der Waals surface area contributed by atoms with Gasteiger partial charge in [0.15, 0.2) is 0 Å². The molecule has 1 aliphatic rings. The molecule has 1 aromatic carbocycles. The second kappa shape index (κ2) is 4.97. The minimum atomic E-state index is 0.357. The van der Waals surface area contributed by atoms with Gasteiger partial charge in [-0.15, -0.1) is 5.10 Å². The molecule has 0 bridgehead atoms. The highest BCUT2D eigenvalue weighted by Crippen LogP contribution is 2.26. The van der Waals surface area contributed by atoms with E-state index in [9.17, 15) is 0 Å². The summed E-state index contributed by atoms with van der Waals surface area (Å²) in [5, 5.41) is 5.23. The number of hydrogen-bond donors (Lipinski definition) is 1. The van der Waals surface area contributed by atoms with E-state index in [1.54, 1.807) is 16.0 Å². The summed E-state index contributed by atoms with van der Waals surface area (Å²) in [6.45, 7) is 2.94. The van der Waals surface area contributed by atoms with Crippen LogP contribution in [0.25, 0.3) is 15.3 Å². The van der Waals surface area contributed by atoms with E-state index in [4.69, 9.17) is 10.5 Å². The molecule has 4 rings (SSSR count). The van der Waals surface area contributed by atoms with E-state index in [-0.39, 0.29) is 0 Å². The predicted molar refractivity (Wildman–Crippen MR) is 82.0 cm³/mol. The lowest BCUT2D eigenvalue weighted by Gasteiger charge is -2.25. The number of aromatic nitrogens is 4. The zero-order valence-electron chi connectivity index (χ0n) is 11.3. The molecule has 0 amide bonds. The normalized spacial score (nSPS) is 15.7. The second-order valence-electron chi connectivity index (χ2n) is 4.75. The number of fused-ring (bicyclic) bond motifs is 1. The maximum absolute atomic E-state index is 6.00. The Morgan fingerprint density at radius 2 is 1.95 bits per heavy atom. The number of rotatable bonds is 2. The fraction of sp³-hybridized carbons (Fsp3) is 0.308. The molecule has 0 unspecified atom stereocenters. The number of nitrogens with two attached hydrogens (primary N) is 1. The Balaban J connectivity index is 1.72. The molecule has 21 heavy (non-hydrogen) atoms. The number of morpholine rings is 1. The molecule has 1 fully saturated rings. The van der Waals surface area contributed by atoms with Gasteiger partial charge in [-0.05, 0) is 12.1 Å². The van der Waals surface area contributed by atoms with Gasteiger partial charge in [0, 0.05) is 13.1 Å². The molecule has 0 saturated carbocycles. The molecular weight excluding hydrogens is 288 g/mol. The molecule has 2 aromatic heterocycles. The van der Waals surface area contributed by atoms with Crippen LogP contribution < -0.4 is 10.6 Å². The fourth-order valence-electron chi connectivity index (χ4n) is 2.30. The van der Waals surface area contributed by atoms with Gasteiger partial charge in [-0.1, -0.05) is 23.5 Å². The van der Waals surface area contributed by atoms with E-state index in [1.807, 2.05) is 24.3 Å². The zero-order chi connectivity index (χ0) is 14.2. The highest BCUT2D eigenvalue weighted by Gasteiger charge is 2.19. The first-order valence-electron chi connectivity index (χ1n) is 6.72. The number of nitrogen functional groups attached to an aromatic ring is 1. The van der Waals surface area contributed by atoms with Crippen LogP contribution in [0.2, 0.25) is 0 Å². The minimum Gasteiger partial charge on any atom is -0.378 e. The summed E-state index contributed by atoms with van der Waals surface area (Å²) in [4.78, 5) is 11.0. The molecule has 1 saturated heterocycles. The number of para-hydroxylation sites is 1. The van der Waals surface area contributed by atoms with Crippen LogP contribution in [0.3, 0.4) is 0 Å². The molecule has 3 heterocycles. The highest BCUT2D eigenvalue weighted by molar-refractivity contribution is 7.20. The Morgan fingerprint density at radius 1 is 1.14 bits per heavy atom. The topological polar surface area (TPSA) is 82.1 Å². The Labute approximate surface area is 125 Å². The summed E-state index contributed by atoms with van der Waals surface area (Å²) in [6, 6.07) is 7.97. The first kappa shape index (κ1) is 12.5. The lowest BCUT2D eigenvalue weighted by Crippen LogP contribution is -2.37. The SMILES string of the molecule is Nc1nc(N2CCOCC2)nn1-c1nc2ccccc2s1. The number of thiazole rings is 1. The van der Waals surface area contributed by atoms with E-state index in [0.717, 1.165) is 28.4 Å². The van der Waals surface area contributed by atoms with Crippen LogP contribution in [0.1, 0.15) is 0 Å². The van der Waals surface area contributed by atoms with E-state index >= 15 is 0 Å². The average Bonchev–Trinajstić information content (AvgIpc) is 3.11. The summed E-state index contributed by atoms with van der Waals surface area (Å²) in [6.07, 6.45) is 0. The lowest BCUT2D eigenvalue weighted by molar-refractivity contribution is 0.122. The van der Waals surface area contributed by atoms with E-state index in [0.29, 0.717) is 25.1 Å². The number of ether oxygens (including phenoxy) is 1. The van der Waals surface area contributed by atoms with Crippen LogP contribution >= 0.6 is 11.3 Å². The fourth-order valence-corrected chi connectivity index (χ4v) is 3.23. The molecule has 8 heteroatoms. The first-order chi connectivity index (χ1) is 10.3. The van der Waals surface area contributed by atoms with Gasteiger partial charge in [0.05, 0.1) is 23.4 Å². The third-order valence-electron chi connectivity index (χ3n) is 3.38. The van der Waals surface area contributed by atoms with Gasteiger partial charge < -0.3 is 15.4 Å². The predicted octanol–water partition coefficient (Wildman–Crippen LogP) is 1.30. The maximum Gasteiger partial charge on any atom is 0.247 e. The van der Waals surface area contributed by atoms with Crippen LogP contribution in [-0.2, 0) is 4.74 Å². The molecule has 7 nitrogen and oxygen atoms in total. The number of hydrogen-bond acceptors (Lipinski definition) is 7. The van der Waals surface area contributed by atoms with Gasteiger partial charge in [-0.3, -0.25) is 0 Å². The summed E-state index contributed by atoms with van der Waals surface area (Å²) < 4.78 is 8.05. The summed E-state index contributed by atoms with van der Waals surface area (Å²) >= 11 is 1.55. The van der Waals surface area contributed by atoms with Crippen molar-refractivity contribution in [3.63, 3.8) is 0 Å². The Hall–Kier alpha value is -2.19. The van der Waals surface area contributed by atoms with Crippen molar-refractivity contribution in [1.82, 2.24) is 19.7 Å². The highest BCUT2D eigenvalue weighted by atomic mass is 32.1. The largest absolute Gasteiger partial charge is 0.378 e. The Kier molecular flexibility index (Phi) is 2.97. The standard InChI is InChI=1S/C13H14N6OS/c14-11-16-12(18-5-7-20-8-6-18)17-19(11)13-15-9-3-1-2-4-10(9)21-13/h1-4H,5-8H2,(H2,14,16,17). The van der Waals surface area contributed by atoms with Crippen molar-refractivity contribution < 1.29 is 4.74 Å². The molecule has 0 aliphatic carbocycles. The molecule has 0 radical (unpaired) electrons. The molecule has 2 N–H and O–H groups in total. The van der Waals surface area contributed by atoms with Crippen LogP contribution in [0, 0.1) is 0 Å². The molecular formula is C13H14N6OS. The maximum atomic E-state index is 6.00. The monoisotopic (exact) mass is 302 g/mol. The summed E-state index contributed by atoms with van der Waals surface area (Å²) in [5.74, 6) is 0.991. The van der Waals surface area contributed by atoms with Gasteiger partial charge in [0.25, 0.3) is 0 Å². The third-order valence-corrected chi connectivity index (χ3v) is 4.39. The van der Waals surface area contributed by atoms with Gasteiger partial charge in [0.2, 0.25) is 17.0 Å². The van der Waals surface area contributed by atoms with Crippen molar-refractivity contribution in [1.29, 1.82) is 0 Å². The van der Waals surface area contributed by atoms with Crippen molar-refractivity contribution in [2.75, 3.05) is 36.9 Å². The minimum absolute atomic E-state index is 0.357. The third kappa shape index (κ3) is 2.22. The van der Waals surface area contributed by atoms with Gasteiger partial charge in [-0.25, -0.2) is 4.98 Å². The Bertz CT molecular complexity index is 743. The smallest absolute Gasteiger partial charge is 0.247 e. The summed E-state index contributed by atoms with van der Waals surface area (Å²) in [5.41, 5.74) is 6.94. The second-order valence-corrected chi connectivity index (χ2v) is 5.75. The van der Waals surface area contributed by atoms with Crippen molar-refractivity contribution in [2.45, 2.75) is 0 Å². The summed E-state index contributed by atoms with van der Waals surface area (Å²) in [7, 11) is 0. The number of nitrogens with zero attached hydrogens (tertiary/aromatic N) is 5. The number of benzene rings is 1. The van der Waals surface area contributed by atoms with Crippen LogP contribution in [0.4, 0.5) is 11.9 Å². The van der Waals surface area contributed by atoms with E-state index in [1.165, 1.54) is 0 Å². The molecule has 108 valence electrons. The van der Waals surface area contributed by atoms with Crippen LogP contribution in [0.5, 0.6) is 0 Å². The van der Waals surface area contributed by atoms with Gasteiger partial charge in [-0.2, -0.15) is 9.67 Å². The average molecular weight is 302 g/mol. The van der Waals surface area contributed by atoms with Gasteiger partial charge in [0.1, 0.15) is 0 Å². The van der Waals surface area contributed by atoms with Crippen molar-refractivity contribution in [3.8, 4) is 5.13 Å². The van der Waals surface area contributed by atoms with E-state index in [2.05, 4.69) is 20.0 Å². The first-order valence-corrected chi connectivity index (χ1v) is 7.54. The van der Waals surface area contributed by atoms with Crippen molar-refractivity contribution in [3.05, 3.63) is 24.3 Å². The van der Waals surface area contributed by atoms with Gasteiger partial charge >= 0.3 is 0 Å². The van der Waals surface area contributed by atoms with Crippen molar-refractivity contribution in [2.24, 2.45) is 0 Å². The van der Waals surface area contributed by atoms with Crippen LogP contribution in [0.15, 0.2) is 24.3 Å². The quantitative estimate of drug-likeness (QED) is 0.768.